The third-order valence-corrected chi connectivity index (χ3v) is 5.03. The fraction of sp³-hybridized carbons (Fsp3) is 0.625. The average molecular weight is 340 g/mol. The van der Waals surface area contributed by atoms with Crippen molar-refractivity contribution in [1.29, 1.82) is 0 Å². The topological polar surface area (TPSA) is 30.5 Å². The van der Waals surface area contributed by atoms with Crippen molar-refractivity contribution in [3.63, 3.8) is 0 Å². The van der Waals surface area contributed by atoms with Gasteiger partial charge >= 0.3 is 0 Å². The molecule has 2 fully saturated rings. The van der Waals surface area contributed by atoms with E-state index in [2.05, 4.69) is 34.2 Å². The first kappa shape index (κ1) is 14.2. The number of methoxy groups -OCH3 is 1. The predicted octanol–water partition coefficient (Wildman–Crippen LogP) is 3.85. The van der Waals surface area contributed by atoms with Gasteiger partial charge in [0.15, 0.2) is 11.5 Å². The number of halogens is 1. The van der Waals surface area contributed by atoms with Gasteiger partial charge in [-0.3, -0.25) is 0 Å². The summed E-state index contributed by atoms with van der Waals surface area (Å²) < 4.78 is 12.8. The highest BCUT2D eigenvalue weighted by molar-refractivity contribution is 9.10. The molecule has 1 unspecified atom stereocenters. The van der Waals surface area contributed by atoms with Gasteiger partial charge in [-0.25, -0.2) is 0 Å². The van der Waals surface area contributed by atoms with Crippen LogP contribution in [0.2, 0.25) is 0 Å². The van der Waals surface area contributed by atoms with E-state index in [1.807, 2.05) is 6.07 Å². The van der Waals surface area contributed by atoms with Gasteiger partial charge in [-0.2, -0.15) is 0 Å². The van der Waals surface area contributed by atoms with Crippen molar-refractivity contribution in [3.8, 4) is 11.5 Å². The molecular weight excluding hydrogens is 318 g/mol. The molecule has 1 aliphatic heterocycles. The summed E-state index contributed by atoms with van der Waals surface area (Å²) in [6, 6.07) is 4.04. The van der Waals surface area contributed by atoms with Crippen molar-refractivity contribution in [2.75, 3.05) is 20.3 Å². The van der Waals surface area contributed by atoms with Crippen LogP contribution in [0.25, 0.3) is 0 Å². The number of ether oxygens (including phenoxy) is 2. The van der Waals surface area contributed by atoms with Crippen LogP contribution < -0.4 is 14.8 Å². The maximum Gasteiger partial charge on any atom is 0.167 e. The molecule has 1 aliphatic carbocycles. The van der Waals surface area contributed by atoms with Gasteiger partial charge in [0.05, 0.1) is 13.7 Å². The first-order valence-electron chi connectivity index (χ1n) is 7.39. The van der Waals surface area contributed by atoms with Crippen LogP contribution in [0.1, 0.15) is 38.2 Å². The van der Waals surface area contributed by atoms with Crippen molar-refractivity contribution >= 4 is 15.9 Å². The molecule has 1 atom stereocenters. The molecule has 2 aliphatic rings. The Morgan fingerprint density at radius 3 is 2.80 bits per heavy atom. The first-order valence-corrected chi connectivity index (χ1v) is 8.18. The zero-order valence-electron chi connectivity index (χ0n) is 12.2. The van der Waals surface area contributed by atoms with Gasteiger partial charge in [0.2, 0.25) is 0 Å². The molecule has 1 aromatic carbocycles. The van der Waals surface area contributed by atoms with Gasteiger partial charge in [-0.05, 0) is 57.2 Å². The lowest BCUT2D eigenvalue weighted by atomic mass is 9.89. The van der Waals surface area contributed by atoms with Crippen LogP contribution >= 0.6 is 15.9 Å². The minimum Gasteiger partial charge on any atom is -0.493 e. The zero-order chi connectivity index (χ0) is 14.2. The van der Waals surface area contributed by atoms with Gasteiger partial charge in [0, 0.05) is 15.6 Å². The molecule has 4 heteroatoms. The van der Waals surface area contributed by atoms with Crippen molar-refractivity contribution in [3.05, 3.63) is 22.2 Å². The van der Waals surface area contributed by atoms with Crippen LogP contribution in [-0.2, 0) is 5.54 Å². The van der Waals surface area contributed by atoms with Gasteiger partial charge in [-0.15, -0.1) is 0 Å². The van der Waals surface area contributed by atoms with E-state index < -0.39 is 0 Å². The summed E-state index contributed by atoms with van der Waals surface area (Å²) >= 11 is 3.70. The molecule has 0 bridgehead atoms. The minimum absolute atomic E-state index is 0.0355. The normalized spacial score (nSPS) is 25.8. The molecule has 1 N–H and O–H groups in total. The molecule has 3 nitrogen and oxygen atoms in total. The minimum atomic E-state index is -0.0355. The van der Waals surface area contributed by atoms with E-state index in [1.165, 1.54) is 24.8 Å². The van der Waals surface area contributed by atoms with E-state index in [9.17, 15) is 0 Å². The standard InChI is InChI=1S/C16H22BrNO2/c1-16(8-3-9-18-16)14-12(17)6-7-13(19-2)15(14)20-10-11-4-5-11/h6-7,11,18H,3-5,8-10H2,1-2H3. The maximum absolute atomic E-state index is 6.15. The lowest BCUT2D eigenvalue weighted by molar-refractivity contribution is 0.267. The Labute approximate surface area is 129 Å². The highest BCUT2D eigenvalue weighted by Crippen LogP contribution is 2.46. The second-order valence-corrected chi connectivity index (χ2v) is 6.92. The summed E-state index contributed by atoms with van der Waals surface area (Å²) in [5, 5.41) is 3.62. The third kappa shape index (κ3) is 2.68. The lowest BCUT2D eigenvalue weighted by Gasteiger charge is -2.29. The fourth-order valence-corrected chi connectivity index (χ4v) is 3.70. The Morgan fingerprint density at radius 1 is 1.40 bits per heavy atom. The summed E-state index contributed by atoms with van der Waals surface area (Å²) in [5.41, 5.74) is 1.17. The van der Waals surface area contributed by atoms with Crippen LogP contribution in [-0.4, -0.2) is 20.3 Å². The highest BCUT2D eigenvalue weighted by atomic mass is 79.9. The van der Waals surface area contributed by atoms with E-state index in [4.69, 9.17) is 9.47 Å². The summed E-state index contributed by atoms with van der Waals surface area (Å²) in [6.07, 6.45) is 4.91. The third-order valence-electron chi connectivity index (χ3n) is 4.37. The van der Waals surface area contributed by atoms with Crippen molar-refractivity contribution in [2.24, 2.45) is 5.92 Å². The van der Waals surface area contributed by atoms with Crippen LogP contribution in [0.4, 0.5) is 0 Å². The summed E-state index contributed by atoms with van der Waals surface area (Å²) in [4.78, 5) is 0. The molecule has 0 spiro atoms. The van der Waals surface area contributed by atoms with Crippen LogP contribution in [0, 0.1) is 5.92 Å². The fourth-order valence-electron chi connectivity index (χ4n) is 2.95. The Bertz CT molecular complexity index is 493. The second-order valence-electron chi connectivity index (χ2n) is 6.07. The van der Waals surface area contributed by atoms with Crippen LogP contribution in [0.3, 0.4) is 0 Å². The molecule has 0 amide bonds. The van der Waals surface area contributed by atoms with Crippen molar-refractivity contribution in [2.45, 2.75) is 38.1 Å². The van der Waals surface area contributed by atoms with E-state index >= 15 is 0 Å². The van der Waals surface area contributed by atoms with Crippen LogP contribution in [0.5, 0.6) is 11.5 Å². The molecule has 110 valence electrons. The molecule has 1 saturated heterocycles. The number of rotatable bonds is 5. The smallest absolute Gasteiger partial charge is 0.167 e. The van der Waals surface area contributed by atoms with Crippen molar-refractivity contribution in [1.82, 2.24) is 5.32 Å². The van der Waals surface area contributed by atoms with Gasteiger partial charge in [0.25, 0.3) is 0 Å². The molecule has 0 radical (unpaired) electrons. The molecule has 1 heterocycles. The second kappa shape index (κ2) is 5.57. The summed E-state index contributed by atoms with van der Waals surface area (Å²) in [6.45, 7) is 4.11. The first-order chi connectivity index (χ1) is 9.64. The zero-order valence-corrected chi connectivity index (χ0v) is 13.8. The molecule has 20 heavy (non-hydrogen) atoms. The van der Waals surface area contributed by atoms with E-state index in [1.54, 1.807) is 7.11 Å². The highest BCUT2D eigenvalue weighted by Gasteiger charge is 2.36. The summed E-state index contributed by atoms with van der Waals surface area (Å²) in [5.74, 6) is 2.47. The Balaban J connectivity index is 1.99. The quantitative estimate of drug-likeness (QED) is 0.883. The number of nitrogens with one attached hydrogen (secondary N) is 1. The Kier molecular flexibility index (Phi) is 3.95. The Hall–Kier alpha value is -0.740. The van der Waals surface area contributed by atoms with E-state index in [0.717, 1.165) is 41.5 Å². The number of benzene rings is 1. The number of hydrogen-bond acceptors (Lipinski definition) is 3. The lowest BCUT2D eigenvalue weighted by Crippen LogP contribution is -2.34. The Morgan fingerprint density at radius 2 is 2.20 bits per heavy atom. The largest absolute Gasteiger partial charge is 0.493 e. The molecule has 1 aromatic rings. The van der Waals surface area contributed by atoms with Gasteiger partial charge in [0.1, 0.15) is 0 Å². The molecular formula is C16H22BrNO2. The maximum atomic E-state index is 6.15. The van der Waals surface area contributed by atoms with Crippen LogP contribution in [0.15, 0.2) is 16.6 Å². The van der Waals surface area contributed by atoms with Gasteiger partial charge < -0.3 is 14.8 Å². The number of hydrogen-bond donors (Lipinski definition) is 1. The van der Waals surface area contributed by atoms with Gasteiger partial charge in [-0.1, -0.05) is 15.9 Å². The molecule has 3 rings (SSSR count). The van der Waals surface area contributed by atoms with E-state index in [0.29, 0.717) is 0 Å². The molecule has 0 aromatic heterocycles. The SMILES string of the molecule is COc1ccc(Br)c(C2(C)CCCN2)c1OCC1CC1. The van der Waals surface area contributed by atoms with E-state index in [-0.39, 0.29) is 5.54 Å². The predicted molar refractivity (Wildman–Crippen MR) is 83.5 cm³/mol. The van der Waals surface area contributed by atoms with Crippen molar-refractivity contribution < 1.29 is 9.47 Å². The monoisotopic (exact) mass is 339 g/mol. The summed E-state index contributed by atoms with van der Waals surface area (Å²) in [7, 11) is 1.71. The molecule has 1 saturated carbocycles. The average Bonchev–Trinajstić information content (AvgIpc) is 3.17.